The van der Waals surface area contributed by atoms with E-state index in [0.29, 0.717) is 13.0 Å². The van der Waals surface area contributed by atoms with E-state index in [-0.39, 0.29) is 11.8 Å². The predicted molar refractivity (Wildman–Crippen MR) is 89.0 cm³/mol. The van der Waals surface area contributed by atoms with E-state index in [9.17, 15) is 9.59 Å². The first-order valence-electron chi connectivity index (χ1n) is 8.02. The van der Waals surface area contributed by atoms with Crippen molar-refractivity contribution in [3.05, 3.63) is 23.8 Å². The summed E-state index contributed by atoms with van der Waals surface area (Å²) in [6.07, 6.45) is 4.04. The van der Waals surface area contributed by atoms with Crippen molar-refractivity contribution in [2.24, 2.45) is 0 Å². The van der Waals surface area contributed by atoms with Gasteiger partial charge in [-0.3, -0.25) is 14.5 Å². The number of hydrogen-bond donors (Lipinski definition) is 2. The molecule has 1 saturated heterocycles. The van der Waals surface area contributed by atoms with Gasteiger partial charge in [-0.1, -0.05) is 19.4 Å². The van der Waals surface area contributed by atoms with Crippen LogP contribution in [-0.4, -0.2) is 36.3 Å². The molecule has 2 rings (SSSR count). The van der Waals surface area contributed by atoms with Crippen LogP contribution in [-0.2, 0) is 9.59 Å². The summed E-state index contributed by atoms with van der Waals surface area (Å²) in [6.45, 7) is 6.15. The zero-order chi connectivity index (χ0) is 15.9. The first-order chi connectivity index (χ1) is 10.6. The fourth-order valence-corrected chi connectivity index (χ4v) is 2.66. The highest BCUT2D eigenvalue weighted by molar-refractivity contribution is 5.96. The average molecular weight is 303 g/mol. The molecule has 1 aromatic carbocycles. The summed E-state index contributed by atoms with van der Waals surface area (Å²) in [6, 6.07) is 5.56. The predicted octanol–water partition coefficient (Wildman–Crippen LogP) is 2.77. The van der Waals surface area contributed by atoms with Crippen molar-refractivity contribution in [3.63, 3.8) is 0 Å². The Morgan fingerprint density at radius 2 is 1.64 bits per heavy atom. The Morgan fingerprint density at radius 1 is 1.05 bits per heavy atom. The molecule has 0 aromatic heterocycles. The minimum Gasteiger partial charge on any atom is -0.326 e. The summed E-state index contributed by atoms with van der Waals surface area (Å²) < 4.78 is 0. The topological polar surface area (TPSA) is 61.4 Å². The zero-order valence-corrected chi connectivity index (χ0v) is 13.4. The van der Waals surface area contributed by atoms with Crippen LogP contribution in [0.15, 0.2) is 18.2 Å². The van der Waals surface area contributed by atoms with Crippen LogP contribution in [0.1, 0.15) is 38.2 Å². The normalized spacial score (nSPS) is 15.4. The third-order valence-electron chi connectivity index (χ3n) is 4.02. The second-order valence-electron chi connectivity index (χ2n) is 5.76. The standard InChI is InChI=1S/C17H25N3O2/c1-3-16(21)18-14-8-7-9-15(13(14)2)19-17(22)12-20-10-5-4-6-11-20/h7-9H,3-6,10-12H2,1-2H3,(H,18,21)(H,19,22). The van der Waals surface area contributed by atoms with Gasteiger partial charge in [0, 0.05) is 17.8 Å². The van der Waals surface area contributed by atoms with Crippen LogP contribution < -0.4 is 10.6 Å². The molecule has 1 aromatic rings. The van der Waals surface area contributed by atoms with Crippen molar-refractivity contribution in [2.45, 2.75) is 39.5 Å². The van der Waals surface area contributed by atoms with Crippen LogP contribution in [0.25, 0.3) is 0 Å². The lowest BCUT2D eigenvalue weighted by Gasteiger charge is -2.25. The Labute approximate surface area is 132 Å². The molecule has 22 heavy (non-hydrogen) atoms. The van der Waals surface area contributed by atoms with Gasteiger partial charge < -0.3 is 10.6 Å². The van der Waals surface area contributed by atoms with E-state index in [4.69, 9.17) is 0 Å². The van der Waals surface area contributed by atoms with Gasteiger partial charge in [-0.05, 0) is 50.6 Å². The molecule has 0 spiro atoms. The minimum atomic E-state index is -0.0279. The van der Waals surface area contributed by atoms with Crippen LogP contribution in [0.2, 0.25) is 0 Å². The summed E-state index contributed by atoms with van der Waals surface area (Å²) in [4.78, 5) is 25.9. The van der Waals surface area contributed by atoms with E-state index in [2.05, 4.69) is 15.5 Å². The van der Waals surface area contributed by atoms with Gasteiger partial charge in [0.05, 0.1) is 6.54 Å². The number of carbonyl (C=O) groups is 2. The maximum Gasteiger partial charge on any atom is 0.238 e. The number of benzene rings is 1. The van der Waals surface area contributed by atoms with Crippen molar-refractivity contribution in [1.82, 2.24) is 4.90 Å². The fourth-order valence-electron chi connectivity index (χ4n) is 2.66. The van der Waals surface area contributed by atoms with Gasteiger partial charge in [-0.15, -0.1) is 0 Å². The number of piperidine rings is 1. The molecular formula is C17H25N3O2. The fraction of sp³-hybridized carbons (Fsp3) is 0.529. The van der Waals surface area contributed by atoms with E-state index < -0.39 is 0 Å². The van der Waals surface area contributed by atoms with Crippen LogP contribution in [0, 0.1) is 6.92 Å². The zero-order valence-electron chi connectivity index (χ0n) is 13.4. The number of anilines is 2. The summed E-state index contributed by atoms with van der Waals surface area (Å²) in [5.41, 5.74) is 2.40. The Balaban J connectivity index is 1.98. The summed E-state index contributed by atoms with van der Waals surface area (Å²) in [5, 5.41) is 5.81. The Morgan fingerprint density at radius 3 is 2.23 bits per heavy atom. The molecule has 1 aliphatic heterocycles. The van der Waals surface area contributed by atoms with E-state index in [1.54, 1.807) is 0 Å². The molecule has 0 atom stereocenters. The number of amides is 2. The molecule has 1 aliphatic rings. The van der Waals surface area contributed by atoms with Crippen molar-refractivity contribution in [1.29, 1.82) is 0 Å². The molecule has 0 radical (unpaired) electrons. The monoisotopic (exact) mass is 303 g/mol. The van der Waals surface area contributed by atoms with Gasteiger partial charge in [0.2, 0.25) is 11.8 Å². The maximum absolute atomic E-state index is 12.2. The largest absolute Gasteiger partial charge is 0.326 e. The molecule has 0 saturated carbocycles. The Hall–Kier alpha value is -1.88. The van der Waals surface area contributed by atoms with Gasteiger partial charge >= 0.3 is 0 Å². The number of likely N-dealkylation sites (tertiary alicyclic amines) is 1. The molecule has 1 fully saturated rings. The van der Waals surface area contributed by atoms with Crippen LogP contribution >= 0.6 is 0 Å². The maximum atomic E-state index is 12.2. The van der Waals surface area contributed by atoms with Crippen LogP contribution in [0.5, 0.6) is 0 Å². The Kier molecular flexibility index (Phi) is 5.95. The van der Waals surface area contributed by atoms with E-state index in [0.717, 1.165) is 30.0 Å². The lowest BCUT2D eigenvalue weighted by Crippen LogP contribution is -2.36. The van der Waals surface area contributed by atoms with Gasteiger partial charge in [-0.2, -0.15) is 0 Å². The summed E-state index contributed by atoms with van der Waals surface area (Å²) in [7, 11) is 0. The van der Waals surface area contributed by atoms with Crippen molar-refractivity contribution < 1.29 is 9.59 Å². The molecule has 5 heteroatoms. The molecular weight excluding hydrogens is 278 g/mol. The van der Waals surface area contributed by atoms with Gasteiger partial charge in [-0.25, -0.2) is 0 Å². The van der Waals surface area contributed by atoms with Crippen LogP contribution in [0.4, 0.5) is 11.4 Å². The molecule has 0 aliphatic carbocycles. The van der Waals surface area contributed by atoms with Crippen molar-refractivity contribution in [2.75, 3.05) is 30.3 Å². The lowest BCUT2D eigenvalue weighted by molar-refractivity contribution is -0.117. The second-order valence-corrected chi connectivity index (χ2v) is 5.76. The third kappa shape index (κ3) is 4.56. The second kappa shape index (κ2) is 7.94. The molecule has 0 bridgehead atoms. The number of rotatable bonds is 5. The summed E-state index contributed by atoms with van der Waals surface area (Å²) >= 11 is 0. The van der Waals surface area contributed by atoms with Gasteiger partial charge in [0.25, 0.3) is 0 Å². The highest BCUT2D eigenvalue weighted by Gasteiger charge is 2.15. The van der Waals surface area contributed by atoms with Crippen molar-refractivity contribution in [3.8, 4) is 0 Å². The number of carbonyl (C=O) groups excluding carboxylic acids is 2. The average Bonchev–Trinajstić information content (AvgIpc) is 2.52. The van der Waals surface area contributed by atoms with Crippen LogP contribution in [0.3, 0.4) is 0 Å². The first-order valence-corrected chi connectivity index (χ1v) is 8.02. The minimum absolute atomic E-state index is 0.00367. The highest BCUT2D eigenvalue weighted by Crippen LogP contribution is 2.23. The molecule has 120 valence electrons. The lowest BCUT2D eigenvalue weighted by atomic mass is 10.1. The molecule has 2 N–H and O–H groups in total. The van der Waals surface area contributed by atoms with Crippen molar-refractivity contribution >= 4 is 23.2 Å². The Bertz CT molecular complexity index is 537. The van der Waals surface area contributed by atoms with Gasteiger partial charge in [0.15, 0.2) is 0 Å². The molecule has 2 amide bonds. The van der Waals surface area contributed by atoms with Gasteiger partial charge in [0.1, 0.15) is 0 Å². The molecule has 1 heterocycles. The van der Waals surface area contributed by atoms with E-state index in [1.807, 2.05) is 32.0 Å². The SMILES string of the molecule is CCC(=O)Nc1cccc(NC(=O)CN2CCCCC2)c1C. The third-order valence-corrected chi connectivity index (χ3v) is 4.02. The number of hydrogen-bond acceptors (Lipinski definition) is 3. The number of nitrogens with zero attached hydrogens (tertiary/aromatic N) is 1. The smallest absolute Gasteiger partial charge is 0.238 e. The highest BCUT2D eigenvalue weighted by atomic mass is 16.2. The molecule has 0 unspecified atom stereocenters. The first kappa shape index (κ1) is 16.5. The quantitative estimate of drug-likeness (QED) is 0.879. The van der Waals surface area contributed by atoms with E-state index >= 15 is 0 Å². The molecule has 5 nitrogen and oxygen atoms in total. The number of nitrogens with one attached hydrogen (secondary N) is 2. The summed E-state index contributed by atoms with van der Waals surface area (Å²) in [5.74, 6) is -0.0242. The van der Waals surface area contributed by atoms with E-state index in [1.165, 1.54) is 19.3 Å².